The minimum atomic E-state index is -0.153. The second-order valence-electron chi connectivity index (χ2n) is 4.90. The zero-order valence-electron chi connectivity index (χ0n) is 12.1. The number of rotatable bonds is 4. The van der Waals surface area contributed by atoms with Gasteiger partial charge in [-0.1, -0.05) is 12.1 Å². The van der Waals surface area contributed by atoms with Crippen molar-refractivity contribution in [2.75, 3.05) is 12.3 Å². The molecule has 0 saturated carbocycles. The Bertz CT molecular complexity index is 660. The maximum atomic E-state index is 12.2. The summed E-state index contributed by atoms with van der Waals surface area (Å²) in [5.74, 6) is 0.796. The molecule has 1 heterocycles. The fourth-order valence-corrected chi connectivity index (χ4v) is 2.23. The lowest BCUT2D eigenvalue weighted by atomic mass is 10.1. The van der Waals surface area contributed by atoms with Crippen LogP contribution in [0.15, 0.2) is 41.2 Å². The zero-order valence-corrected chi connectivity index (χ0v) is 12.1. The third-order valence-electron chi connectivity index (χ3n) is 3.10. The predicted molar refractivity (Wildman–Crippen MR) is 82.1 cm³/mol. The van der Waals surface area contributed by atoms with E-state index in [1.807, 2.05) is 51.1 Å². The van der Waals surface area contributed by atoms with Gasteiger partial charge >= 0.3 is 0 Å². The summed E-state index contributed by atoms with van der Waals surface area (Å²) in [4.78, 5) is 12.2. The molecule has 2 N–H and O–H groups in total. The third-order valence-corrected chi connectivity index (χ3v) is 3.10. The molecular formula is C16H20N2O2. The van der Waals surface area contributed by atoms with Crippen LogP contribution in [0.2, 0.25) is 0 Å². The van der Waals surface area contributed by atoms with Crippen molar-refractivity contribution in [1.29, 1.82) is 0 Å². The normalized spacial score (nSPS) is 10.8. The molecule has 0 fully saturated rings. The summed E-state index contributed by atoms with van der Waals surface area (Å²) in [6.07, 6.45) is 0. The first kappa shape index (κ1) is 14.2. The molecule has 0 unspecified atom stereocenters. The fraction of sp³-hybridized carbons (Fsp3) is 0.312. The highest BCUT2D eigenvalue weighted by atomic mass is 16.5. The number of anilines is 1. The molecule has 4 heteroatoms. The second kappa shape index (κ2) is 5.82. The van der Waals surface area contributed by atoms with Crippen molar-refractivity contribution in [3.05, 3.63) is 46.8 Å². The maximum absolute atomic E-state index is 12.2. The maximum Gasteiger partial charge on any atom is 0.274 e. The molecule has 0 bridgehead atoms. The van der Waals surface area contributed by atoms with Gasteiger partial charge in [-0.05, 0) is 45.0 Å². The molecule has 0 aliphatic carbocycles. The molecule has 4 nitrogen and oxygen atoms in total. The first-order valence-electron chi connectivity index (χ1n) is 6.78. The lowest BCUT2D eigenvalue weighted by Crippen LogP contribution is -2.25. The summed E-state index contributed by atoms with van der Waals surface area (Å²) in [5.41, 5.74) is 7.63. The van der Waals surface area contributed by atoms with E-state index in [1.165, 1.54) is 0 Å². The Morgan fingerprint density at radius 1 is 1.25 bits per heavy atom. The molecule has 0 spiro atoms. The Kier molecular flexibility index (Phi) is 4.13. The van der Waals surface area contributed by atoms with Gasteiger partial charge in [0.1, 0.15) is 5.75 Å². The van der Waals surface area contributed by atoms with E-state index in [0.29, 0.717) is 6.61 Å². The van der Waals surface area contributed by atoms with E-state index >= 15 is 0 Å². The van der Waals surface area contributed by atoms with Crippen LogP contribution in [-0.4, -0.2) is 11.2 Å². The standard InChI is InChI=1S/C16H20N2O2/c1-4-20-13-7-5-6-12(10-13)15-9-8-14(17)16(19)18(15)11(2)3/h5-11H,4,17H2,1-3H3. The molecule has 0 amide bonds. The number of ether oxygens (including phenoxy) is 1. The topological polar surface area (TPSA) is 57.2 Å². The van der Waals surface area contributed by atoms with Crippen LogP contribution < -0.4 is 16.0 Å². The van der Waals surface area contributed by atoms with E-state index in [-0.39, 0.29) is 17.3 Å². The molecule has 1 aromatic carbocycles. The molecule has 0 radical (unpaired) electrons. The minimum Gasteiger partial charge on any atom is -0.494 e. The van der Waals surface area contributed by atoms with Gasteiger partial charge in [-0.2, -0.15) is 0 Å². The second-order valence-corrected chi connectivity index (χ2v) is 4.90. The molecule has 106 valence electrons. The SMILES string of the molecule is CCOc1cccc(-c2ccc(N)c(=O)n2C(C)C)c1. The summed E-state index contributed by atoms with van der Waals surface area (Å²) in [6.45, 7) is 6.50. The van der Waals surface area contributed by atoms with Gasteiger partial charge in [0, 0.05) is 11.6 Å². The van der Waals surface area contributed by atoms with Gasteiger partial charge in [0.25, 0.3) is 5.56 Å². The Morgan fingerprint density at radius 3 is 2.65 bits per heavy atom. The number of aromatic nitrogens is 1. The van der Waals surface area contributed by atoms with Crippen molar-refractivity contribution in [3.63, 3.8) is 0 Å². The number of hydrogen-bond acceptors (Lipinski definition) is 3. The van der Waals surface area contributed by atoms with Crippen molar-refractivity contribution >= 4 is 5.69 Å². The van der Waals surface area contributed by atoms with E-state index in [4.69, 9.17) is 10.5 Å². The molecule has 0 aliphatic heterocycles. The number of benzene rings is 1. The predicted octanol–water partition coefficient (Wildman–Crippen LogP) is 3.08. The van der Waals surface area contributed by atoms with E-state index in [2.05, 4.69) is 0 Å². The van der Waals surface area contributed by atoms with E-state index in [0.717, 1.165) is 17.0 Å². The molecule has 1 aromatic heterocycles. The first-order chi connectivity index (χ1) is 9.54. The van der Waals surface area contributed by atoms with Crippen LogP contribution in [0.3, 0.4) is 0 Å². The van der Waals surface area contributed by atoms with Gasteiger partial charge in [0.15, 0.2) is 0 Å². The lowest BCUT2D eigenvalue weighted by molar-refractivity contribution is 0.340. The molecule has 2 rings (SSSR count). The monoisotopic (exact) mass is 272 g/mol. The number of pyridine rings is 1. The quantitative estimate of drug-likeness (QED) is 0.930. The third kappa shape index (κ3) is 2.69. The summed E-state index contributed by atoms with van der Waals surface area (Å²) in [7, 11) is 0. The van der Waals surface area contributed by atoms with Gasteiger partial charge in [-0.25, -0.2) is 0 Å². The Hall–Kier alpha value is -2.23. The molecular weight excluding hydrogens is 252 g/mol. The highest BCUT2D eigenvalue weighted by Gasteiger charge is 2.12. The molecule has 20 heavy (non-hydrogen) atoms. The Morgan fingerprint density at radius 2 is 2.00 bits per heavy atom. The number of nitrogen functional groups attached to an aromatic ring is 1. The molecule has 0 saturated heterocycles. The molecule has 0 atom stereocenters. The van der Waals surface area contributed by atoms with Crippen LogP contribution >= 0.6 is 0 Å². The number of nitrogens with zero attached hydrogens (tertiary/aromatic N) is 1. The zero-order chi connectivity index (χ0) is 14.7. The average Bonchev–Trinajstić information content (AvgIpc) is 2.42. The average molecular weight is 272 g/mol. The van der Waals surface area contributed by atoms with Crippen LogP contribution in [0.25, 0.3) is 11.3 Å². The van der Waals surface area contributed by atoms with E-state index < -0.39 is 0 Å². The number of nitrogens with two attached hydrogens (primary N) is 1. The smallest absolute Gasteiger partial charge is 0.274 e. The van der Waals surface area contributed by atoms with E-state index in [9.17, 15) is 4.79 Å². The van der Waals surface area contributed by atoms with Gasteiger partial charge in [-0.3, -0.25) is 4.79 Å². The van der Waals surface area contributed by atoms with Crippen molar-refractivity contribution < 1.29 is 4.74 Å². The van der Waals surface area contributed by atoms with Crippen LogP contribution in [0.5, 0.6) is 5.75 Å². The summed E-state index contributed by atoms with van der Waals surface area (Å²) < 4.78 is 7.22. The Labute approximate surface area is 118 Å². The first-order valence-corrected chi connectivity index (χ1v) is 6.78. The summed E-state index contributed by atoms with van der Waals surface area (Å²) in [6, 6.07) is 11.3. The van der Waals surface area contributed by atoms with Crippen molar-refractivity contribution in [3.8, 4) is 17.0 Å². The minimum absolute atomic E-state index is 0.0387. The largest absolute Gasteiger partial charge is 0.494 e. The summed E-state index contributed by atoms with van der Waals surface area (Å²) in [5, 5.41) is 0. The highest BCUT2D eigenvalue weighted by molar-refractivity contribution is 5.63. The van der Waals surface area contributed by atoms with Gasteiger partial charge in [0.05, 0.1) is 18.0 Å². The van der Waals surface area contributed by atoms with Gasteiger partial charge in [-0.15, -0.1) is 0 Å². The van der Waals surface area contributed by atoms with Crippen molar-refractivity contribution in [2.45, 2.75) is 26.8 Å². The Balaban J connectivity index is 2.61. The van der Waals surface area contributed by atoms with Gasteiger partial charge < -0.3 is 15.0 Å². The van der Waals surface area contributed by atoms with Crippen molar-refractivity contribution in [2.24, 2.45) is 0 Å². The molecule has 2 aromatic rings. The number of hydrogen-bond donors (Lipinski definition) is 1. The highest BCUT2D eigenvalue weighted by Crippen LogP contribution is 2.25. The lowest BCUT2D eigenvalue weighted by Gasteiger charge is -2.17. The van der Waals surface area contributed by atoms with Crippen molar-refractivity contribution in [1.82, 2.24) is 4.57 Å². The summed E-state index contributed by atoms with van der Waals surface area (Å²) >= 11 is 0. The van der Waals surface area contributed by atoms with E-state index in [1.54, 1.807) is 10.6 Å². The van der Waals surface area contributed by atoms with Crippen LogP contribution in [0.4, 0.5) is 5.69 Å². The van der Waals surface area contributed by atoms with Crippen LogP contribution in [-0.2, 0) is 0 Å². The van der Waals surface area contributed by atoms with Crippen LogP contribution in [0, 0.1) is 0 Å². The molecule has 0 aliphatic rings. The van der Waals surface area contributed by atoms with Crippen LogP contribution in [0.1, 0.15) is 26.8 Å². The van der Waals surface area contributed by atoms with Gasteiger partial charge in [0.2, 0.25) is 0 Å². The fourth-order valence-electron chi connectivity index (χ4n) is 2.23.